The fourth-order valence-corrected chi connectivity index (χ4v) is 4.83. The van der Waals surface area contributed by atoms with Crippen LogP contribution in [0.3, 0.4) is 0 Å². The molecule has 1 aliphatic carbocycles. The number of urea groups is 1. The first kappa shape index (κ1) is 23.2. The summed E-state index contributed by atoms with van der Waals surface area (Å²) in [5.74, 6) is -1.06. The van der Waals surface area contributed by atoms with Gasteiger partial charge >= 0.3 is 6.03 Å². The van der Waals surface area contributed by atoms with Gasteiger partial charge in [0.1, 0.15) is 11.8 Å². The Kier molecular flexibility index (Phi) is 6.35. The number of H-pyrrole nitrogens is 1. The van der Waals surface area contributed by atoms with Crippen LogP contribution in [0.1, 0.15) is 32.1 Å². The first-order chi connectivity index (χ1) is 16.9. The lowest BCUT2D eigenvalue weighted by atomic mass is 9.91. The Morgan fingerprint density at radius 2 is 1.97 bits per heavy atom. The SMILES string of the molecule is COc1c(F)cnc2[nH]cc(-c3ncc(F)c(NC4CCCC(NC(=O)N5CC[C@@H](F)C5)C4)n3)c12. The van der Waals surface area contributed by atoms with Crippen LogP contribution in [0.25, 0.3) is 22.4 Å². The molecule has 12 heteroatoms. The number of alkyl halides is 1. The van der Waals surface area contributed by atoms with Gasteiger partial charge in [-0.05, 0) is 32.1 Å². The highest BCUT2D eigenvalue weighted by Gasteiger charge is 2.30. The van der Waals surface area contributed by atoms with Crippen molar-refractivity contribution in [3.05, 3.63) is 30.2 Å². The number of hydrogen-bond acceptors (Lipinski definition) is 6. The number of methoxy groups -OCH3 is 1. The third-order valence-corrected chi connectivity index (χ3v) is 6.56. The Bertz CT molecular complexity index is 1240. The van der Waals surface area contributed by atoms with Gasteiger partial charge in [-0.2, -0.15) is 0 Å². The highest BCUT2D eigenvalue weighted by molar-refractivity contribution is 5.96. The van der Waals surface area contributed by atoms with Crippen LogP contribution in [0, 0.1) is 11.6 Å². The van der Waals surface area contributed by atoms with Crippen LogP contribution in [0.5, 0.6) is 5.75 Å². The fourth-order valence-electron chi connectivity index (χ4n) is 4.83. The van der Waals surface area contributed by atoms with Gasteiger partial charge in [0, 0.05) is 24.8 Å². The largest absolute Gasteiger partial charge is 0.493 e. The van der Waals surface area contributed by atoms with Gasteiger partial charge in [0.2, 0.25) is 0 Å². The third-order valence-electron chi connectivity index (χ3n) is 6.56. The molecule has 9 nitrogen and oxygen atoms in total. The number of fused-ring (bicyclic) bond motifs is 1. The van der Waals surface area contributed by atoms with Crippen molar-refractivity contribution in [3.8, 4) is 17.1 Å². The van der Waals surface area contributed by atoms with Crippen molar-refractivity contribution < 1.29 is 22.7 Å². The quantitative estimate of drug-likeness (QED) is 0.504. The molecule has 1 saturated carbocycles. The van der Waals surface area contributed by atoms with Crippen molar-refractivity contribution in [2.75, 3.05) is 25.5 Å². The summed E-state index contributed by atoms with van der Waals surface area (Å²) in [4.78, 5) is 29.3. The molecular weight excluding hydrogens is 463 g/mol. The number of nitrogens with one attached hydrogen (secondary N) is 3. The van der Waals surface area contributed by atoms with Crippen LogP contribution in [0.15, 0.2) is 18.6 Å². The van der Waals surface area contributed by atoms with Crippen LogP contribution in [-0.4, -0.2) is 69.3 Å². The minimum absolute atomic E-state index is 0.00312. The van der Waals surface area contributed by atoms with Gasteiger partial charge in [0.15, 0.2) is 29.0 Å². The van der Waals surface area contributed by atoms with Crippen molar-refractivity contribution in [1.29, 1.82) is 0 Å². The van der Waals surface area contributed by atoms with Crippen molar-refractivity contribution in [2.45, 2.75) is 50.4 Å². The molecule has 0 aromatic carbocycles. The Hall–Kier alpha value is -3.57. The Labute approximate surface area is 199 Å². The second-order valence-corrected chi connectivity index (χ2v) is 8.94. The lowest BCUT2D eigenvalue weighted by molar-refractivity contribution is 0.195. The number of rotatable bonds is 5. The highest BCUT2D eigenvalue weighted by Crippen LogP contribution is 2.35. The minimum Gasteiger partial charge on any atom is -0.493 e. The maximum absolute atomic E-state index is 14.6. The molecule has 2 aliphatic rings. The third kappa shape index (κ3) is 4.69. The van der Waals surface area contributed by atoms with E-state index in [0.29, 0.717) is 36.0 Å². The molecule has 3 N–H and O–H groups in total. The van der Waals surface area contributed by atoms with E-state index in [-0.39, 0.29) is 42.1 Å². The van der Waals surface area contributed by atoms with E-state index < -0.39 is 17.8 Å². The molecule has 2 unspecified atom stereocenters. The molecule has 2 fully saturated rings. The summed E-state index contributed by atoms with van der Waals surface area (Å²) in [6.07, 6.45) is 6.06. The number of amides is 2. The number of nitrogens with zero attached hydrogens (tertiary/aromatic N) is 4. The maximum atomic E-state index is 14.6. The smallest absolute Gasteiger partial charge is 0.317 e. The number of carbonyl (C=O) groups is 1. The van der Waals surface area contributed by atoms with Gasteiger partial charge in [-0.1, -0.05) is 0 Å². The standard InChI is InChI=1S/C23H26F3N7O2/c1-35-19-16(25)9-29-22-18(19)15(8-27-22)20-28-10-17(26)21(32-20)30-13-3-2-4-14(7-13)31-23(34)33-6-5-12(24)11-33/h8-10,12-14H,2-7,11H2,1H3,(H,27,29)(H,31,34)(H,28,30,32)/t12-,13?,14?/m1/s1. The Morgan fingerprint density at radius 3 is 2.74 bits per heavy atom. The average Bonchev–Trinajstić information content (AvgIpc) is 3.47. The molecule has 2 amide bonds. The molecule has 3 aromatic rings. The molecule has 35 heavy (non-hydrogen) atoms. The monoisotopic (exact) mass is 489 g/mol. The summed E-state index contributed by atoms with van der Waals surface area (Å²) in [5, 5.41) is 6.48. The summed E-state index contributed by atoms with van der Waals surface area (Å²) >= 11 is 0. The van der Waals surface area contributed by atoms with E-state index >= 15 is 0 Å². The van der Waals surface area contributed by atoms with E-state index in [1.807, 2.05) is 0 Å². The molecule has 4 heterocycles. The summed E-state index contributed by atoms with van der Waals surface area (Å²) in [5.41, 5.74) is 0.820. The van der Waals surface area contributed by atoms with E-state index in [1.165, 1.54) is 12.0 Å². The van der Waals surface area contributed by atoms with Crippen molar-refractivity contribution >= 4 is 22.9 Å². The van der Waals surface area contributed by atoms with Crippen LogP contribution in [0.4, 0.5) is 23.8 Å². The van der Waals surface area contributed by atoms with E-state index in [2.05, 4.69) is 30.6 Å². The minimum atomic E-state index is -0.971. The topological polar surface area (TPSA) is 108 Å². The van der Waals surface area contributed by atoms with Gasteiger partial charge in [0.25, 0.3) is 0 Å². The molecule has 3 aromatic heterocycles. The lowest BCUT2D eigenvalue weighted by Crippen LogP contribution is -2.47. The molecule has 1 aliphatic heterocycles. The predicted molar refractivity (Wildman–Crippen MR) is 123 cm³/mol. The number of hydrogen-bond donors (Lipinski definition) is 3. The van der Waals surface area contributed by atoms with Crippen molar-refractivity contribution in [2.24, 2.45) is 0 Å². The average molecular weight is 490 g/mol. The summed E-state index contributed by atoms with van der Waals surface area (Å²) in [6.45, 7) is 0.529. The predicted octanol–water partition coefficient (Wildman–Crippen LogP) is 3.78. The molecule has 0 bridgehead atoms. The number of aromatic amines is 1. The van der Waals surface area contributed by atoms with Crippen LogP contribution in [0.2, 0.25) is 0 Å². The summed E-state index contributed by atoms with van der Waals surface area (Å²) < 4.78 is 47.5. The number of aromatic nitrogens is 4. The lowest BCUT2D eigenvalue weighted by Gasteiger charge is -2.32. The Morgan fingerprint density at radius 1 is 1.17 bits per heavy atom. The summed E-state index contributed by atoms with van der Waals surface area (Å²) in [7, 11) is 1.35. The van der Waals surface area contributed by atoms with Gasteiger partial charge < -0.3 is 25.3 Å². The number of ether oxygens (including phenoxy) is 1. The van der Waals surface area contributed by atoms with Crippen LogP contribution in [-0.2, 0) is 0 Å². The van der Waals surface area contributed by atoms with Crippen molar-refractivity contribution in [1.82, 2.24) is 30.2 Å². The number of anilines is 1. The number of pyridine rings is 1. The molecule has 1 saturated heterocycles. The van der Waals surface area contributed by atoms with E-state index in [1.54, 1.807) is 6.20 Å². The van der Waals surface area contributed by atoms with Gasteiger partial charge in [0.05, 0.1) is 37.0 Å². The van der Waals surface area contributed by atoms with E-state index in [0.717, 1.165) is 31.7 Å². The maximum Gasteiger partial charge on any atom is 0.317 e. The zero-order valence-electron chi connectivity index (χ0n) is 19.2. The summed E-state index contributed by atoms with van der Waals surface area (Å²) in [6, 6.07) is -0.500. The zero-order valence-corrected chi connectivity index (χ0v) is 19.2. The number of halogens is 3. The fraction of sp³-hybridized carbons (Fsp3) is 0.478. The normalized spacial score (nSPS) is 22.4. The van der Waals surface area contributed by atoms with Crippen LogP contribution < -0.4 is 15.4 Å². The second-order valence-electron chi connectivity index (χ2n) is 8.94. The van der Waals surface area contributed by atoms with E-state index in [9.17, 15) is 18.0 Å². The molecular formula is C23H26F3N7O2. The molecule has 0 radical (unpaired) electrons. The van der Waals surface area contributed by atoms with Crippen molar-refractivity contribution in [3.63, 3.8) is 0 Å². The number of likely N-dealkylation sites (tertiary alicyclic amines) is 1. The zero-order chi connectivity index (χ0) is 24.5. The first-order valence-electron chi connectivity index (χ1n) is 11.6. The number of carbonyl (C=O) groups excluding carboxylic acids is 1. The van der Waals surface area contributed by atoms with E-state index in [4.69, 9.17) is 4.74 Å². The molecule has 186 valence electrons. The first-order valence-corrected chi connectivity index (χ1v) is 11.6. The Balaban J connectivity index is 1.32. The van der Waals surface area contributed by atoms with Gasteiger partial charge in [-0.15, -0.1) is 0 Å². The van der Waals surface area contributed by atoms with Gasteiger partial charge in [-0.25, -0.2) is 32.9 Å². The highest BCUT2D eigenvalue weighted by atomic mass is 19.1. The van der Waals surface area contributed by atoms with Gasteiger partial charge in [-0.3, -0.25) is 0 Å². The van der Waals surface area contributed by atoms with Crippen LogP contribution >= 0.6 is 0 Å². The molecule has 5 rings (SSSR count). The molecule has 3 atom stereocenters. The molecule has 0 spiro atoms. The second kappa shape index (κ2) is 9.59.